The molecule has 2 aromatic carbocycles. The van der Waals surface area contributed by atoms with Gasteiger partial charge in [0.25, 0.3) is 0 Å². The van der Waals surface area contributed by atoms with Crippen LogP contribution < -0.4 is 4.46 Å². The summed E-state index contributed by atoms with van der Waals surface area (Å²) < 4.78 is 1.23. The number of carboxylic acids is 1. The number of carbonyl (C=O) groups is 1. The molecule has 0 atom stereocenters. The molecule has 0 fully saturated rings. The maximum atomic E-state index is 11.2. The molecule has 0 bridgehead atoms. The van der Waals surface area contributed by atoms with Crippen LogP contribution in [0.4, 0.5) is 0 Å². The van der Waals surface area contributed by atoms with Crippen LogP contribution in [0.25, 0.3) is 11.1 Å². The van der Waals surface area contributed by atoms with Crippen LogP contribution in [0.1, 0.15) is 10.4 Å². The predicted molar refractivity (Wildman–Crippen MR) is 70.1 cm³/mol. The van der Waals surface area contributed by atoms with Crippen molar-refractivity contribution in [1.29, 1.82) is 0 Å². The summed E-state index contributed by atoms with van der Waals surface area (Å²) >= 11 is 0.349. The van der Waals surface area contributed by atoms with Gasteiger partial charge in [-0.15, -0.1) is 0 Å². The normalized spacial score (nSPS) is 10.2. The van der Waals surface area contributed by atoms with Gasteiger partial charge in [-0.25, -0.2) is 0 Å². The summed E-state index contributed by atoms with van der Waals surface area (Å²) in [4.78, 5) is 11.2. The van der Waals surface area contributed by atoms with Crippen molar-refractivity contribution in [3.8, 4) is 11.1 Å². The van der Waals surface area contributed by atoms with E-state index in [1.807, 2.05) is 30.3 Å². The van der Waals surface area contributed by atoms with Gasteiger partial charge in [0.05, 0.1) is 0 Å². The number of benzene rings is 2. The van der Waals surface area contributed by atoms with E-state index in [0.29, 0.717) is 20.5 Å². The van der Waals surface area contributed by atoms with Crippen molar-refractivity contribution >= 4 is 25.4 Å². The Bertz CT molecular complexity index is 549. The van der Waals surface area contributed by atoms with Crippen molar-refractivity contribution < 1.29 is 9.90 Å². The third-order valence-electron chi connectivity index (χ3n) is 2.55. The molecule has 0 heterocycles. The first-order valence-electron chi connectivity index (χ1n) is 5.19. The molecule has 0 amide bonds. The van der Waals surface area contributed by atoms with E-state index in [9.17, 15) is 9.90 Å². The van der Waals surface area contributed by atoms with Crippen LogP contribution in [-0.2, 0) is 0 Å². The summed E-state index contributed by atoms with van der Waals surface area (Å²) in [5, 5.41) is 9.20. The Kier molecular flexibility index (Phi) is 3.62. The number of carboxylic acid groups (broad SMARTS) is 1. The van der Waals surface area contributed by atoms with E-state index in [1.165, 1.54) is 4.46 Å². The van der Waals surface area contributed by atoms with Gasteiger partial charge in [0.15, 0.2) is 0 Å². The zero-order valence-corrected chi connectivity index (χ0v) is 11.1. The molecular formula is C14H12O2Se. The van der Waals surface area contributed by atoms with Gasteiger partial charge in [-0.3, -0.25) is 0 Å². The van der Waals surface area contributed by atoms with Crippen LogP contribution in [0.5, 0.6) is 0 Å². The molecule has 2 rings (SSSR count). The second-order valence-corrected chi connectivity index (χ2v) is 5.33. The summed E-state index contributed by atoms with van der Waals surface area (Å²) in [5.74, 6) is 1.26. The van der Waals surface area contributed by atoms with Crippen molar-refractivity contribution in [2.75, 3.05) is 0 Å². The number of hydrogen-bond acceptors (Lipinski definition) is 1. The second kappa shape index (κ2) is 5.17. The Morgan fingerprint density at radius 2 is 1.59 bits per heavy atom. The van der Waals surface area contributed by atoms with Crippen molar-refractivity contribution in [2.24, 2.45) is 0 Å². The van der Waals surface area contributed by atoms with Crippen LogP contribution in [0.15, 0.2) is 48.5 Å². The van der Waals surface area contributed by atoms with Crippen LogP contribution in [-0.4, -0.2) is 26.0 Å². The minimum atomic E-state index is -0.876. The van der Waals surface area contributed by atoms with E-state index < -0.39 is 5.97 Å². The van der Waals surface area contributed by atoms with Crippen LogP contribution in [0, 0.1) is 0 Å². The molecule has 3 heteroatoms. The molecule has 2 aromatic rings. The van der Waals surface area contributed by atoms with E-state index in [2.05, 4.69) is 11.9 Å². The number of aromatic carboxylic acids is 1. The molecule has 0 aliphatic carbocycles. The Labute approximate surface area is 106 Å². The SMILES string of the molecule is C[Se]c1ccccc1-c1ccccc1C(=O)O. The van der Waals surface area contributed by atoms with Crippen molar-refractivity contribution in [3.63, 3.8) is 0 Å². The zero-order chi connectivity index (χ0) is 12.3. The first-order chi connectivity index (χ1) is 8.24. The summed E-state index contributed by atoms with van der Waals surface area (Å²) in [6, 6.07) is 15.1. The van der Waals surface area contributed by atoms with E-state index in [-0.39, 0.29) is 0 Å². The van der Waals surface area contributed by atoms with Gasteiger partial charge >= 0.3 is 106 Å². The number of hydrogen-bond donors (Lipinski definition) is 1. The van der Waals surface area contributed by atoms with Crippen molar-refractivity contribution in [3.05, 3.63) is 54.1 Å². The monoisotopic (exact) mass is 292 g/mol. The fraction of sp³-hybridized carbons (Fsp3) is 0.0714. The molecule has 2 nitrogen and oxygen atoms in total. The summed E-state index contributed by atoms with van der Waals surface area (Å²) in [6.45, 7) is 0. The molecule has 0 spiro atoms. The first-order valence-corrected chi connectivity index (χ1v) is 7.76. The second-order valence-electron chi connectivity index (χ2n) is 3.55. The Hall–Kier alpha value is -1.57. The molecule has 0 radical (unpaired) electrons. The molecular weight excluding hydrogens is 279 g/mol. The average molecular weight is 291 g/mol. The Morgan fingerprint density at radius 3 is 2.24 bits per heavy atom. The van der Waals surface area contributed by atoms with Gasteiger partial charge in [-0.05, 0) is 0 Å². The van der Waals surface area contributed by atoms with Gasteiger partial charge in [0, 0.05) is 0 Å². The van der Waals surface area contributed by atoms with Crippen LogP contribution in [0.2, 0.25) is 5.82 Å². The maximum absolute atomic E-state index is 11.2. The summed E-state index contributed by atoms with van der Waals surface area (Å²) in [7, 11) is 0. The molecule has 0 saturated heterocycles. The molecule has 1 N–H and O–H groups in total. The van der Waals surface area contributed by atoms with E-state index in [4.69, 9.17) is 0 Å². The summed E-state index contributed by atoms with van der Waals surface area (Å²) in [5.41, 5.74) is 2.21. The molecule has 0 aliphatic rings. The predicted octanol–water partition coefficient (Wildman–Crippen LogP) is 2.43. The van der Waals surface area contributed by atoms with Gasteiger partial charge in [-0.1, -0.05) is 0 Å². The van der Waals surface area contributed by atoms with E-state index in [1.54, 1.807) is 12.1 Å². The fourth-order valence-electron chi connectivity index (χ4n) is 1.77. The summed E-state index contributed by atoms with van der Waals surface area (Å²) in [6.07, 6.45) is 0. The Morgan fingerprint density at radius 1 is 1.00 bits per heavy atom. The molecule has 17 heavy (non-hydrogen) atoms. The number of rotatable bonds is 3. The van der Waals surface area contributed by atoms with Gasteiger partial charge in [0.1, 0.15) is 0 Å². The first kappa shape index (κ1) is 11.9. The van der Waals surface area contributed by atoms with Crippen LogP contribution >= 0.6 is 0 Å². The van der Waals surface area contributed by atoms with Crippen LogP contribution in [0.3, 0.4) is 0 Å². The van der Waals surface area contributed by atoms with Gasteiger partial charge < -0.3 is 0 Å². The molecule has 0 saturated carbocycles. The average Bonchev–Trinajstić information content (AvgIpc) is 2.38. The van der Waals surface area contributed by atoms with Crippen molar-refractivity contribution in [2.45, 2.75) is 5.82 Å². The minimum absolute atomic E-state index is 0.349. The fourth-order valence-corrected chi connectivity index (χ4v) is 3.06. The van der Waals surface area contributed by atoms with Crippen molar-refractivity contribution in [1.82, 2.24) is 0 Å². The quantitative estimate of drug-likeness (QED) is 0.882. The third kappa shape index (κ3) is 2.41. The van der Waals surface area contributed by atoms with E-state index in [0.717, 1.165) is 11.1 Å². The zero-order valence-electron chi connectivity index (χ0n) is 9.38. The standard InChI is InChI=1S/C14H12O2Se/c1-17-13-9-5-4-7-11(13)10-6-2-3-8-12(10)14(15)16/h2-9H,1H3,(H,15,16). The third-order valence-corrected chi connectivity index (χ3v) is 4.22. The van der Waals surface area contributed by atoms with Gasteiger partial charge in [0.2, 0.25) is 0 Å². The van der Waals surface area contributed by atoms with E-state index >= 15 is 0 Å². The molecule has 0 aliphatic heterocycles. The molecule has 0 aromatic heterocycles. The molecule has 86 valence electrons. The topological polar surface area (TPSA) is 37.3 Å². The molecule has 0 unspecified atom stereocenters. The Balaban J connectivity index is 2.64. The van der Waals surface area contributed by atoms with Gasteiger partial charge in [-0.2, -0.15) is 0 Å².